The molecule has 3 aromatic rings. The van der Waals surface area contributed by atoms with Crippen molar-refractivity contribution in [3.8, 4) is 0 Å². The Kier molecular flexibility index (Phi) is 7.43. The van der Waals surface area contributed by atoms with Crippen molar-refractivity contribution in [3.05, 3.63) is 107 Å². The summed E-state index contributed by atoms with van der Waals surface area (Å²) >= 11 is 0. The summed E-state index contributed by atoms with van der Waals surface area (Å²) in [5.74, 6) is -12.1. The molecule has 8 heteroatoms. The first kappa shape index (κ1) is 24.2. The molecule has 0 saturated carbocycles. The summed E-state index contributed by atoms with van der Waals surface area (Å²) in [5.41, 5.74) is 0.311. The topological polar surface area (TPSA) is 149 Å². The van der Waals surface area contributed by atoms with Crippen molar-refractivity contribution in [2.75, 3.05) is 0 Å². The number of hydrogen-bond acceptors (Lipinski definition) is 4. The van der Waals surface area contributed by atoms with Gasteiger partial charge in [0.25, 0.3) is 0 Å². The number of carboxylic acids is 4. The first-order valence-corrected chi connectivity index (χ1v) is 10.3. The van der Waals surface area contributed by atoms with E-state index in [2.05, 4.69) is 0 Å². The highest BCUT2D eigenvalue weighted by atomic mass is 16.4. The lowest BCUT2D eigenvalue weighted by molar-refractivity contribution is -0.147. The quantitative estimate of drug-likeness (QED) is 0.356. The van der Waals surface area contributed by atoms with E-state index in [-0.39, 0.29) is 22.3 Å². The van der Waals surface area contributed by atoms with Gasteiger partial charge in [-0.05, 0) is 22.3 Å². The highest BCUT2D eigenvalue weighted by Gasteiger charge is 2.42. The zero-order valence-electron chi connectivity index (χ0n) is 17.8. The summed E-state index contributed by atoms with van der Waals surface area (Å²) in [5, 5.41) is 40.1. The molecule has 0 heterocycles. The molecule has 4 N–H and O–H groups in total. The van der Waals surface area contributed by atoms with E-state index in [1.807, 2.05) is 0 Å². The van der Waals surface area contributed by atoms with E-state index in [4.69, 9.17) is 0 Å². The van der Waals surface area contributed by atoms with Crippen molar-refractivity contribution in [3.63, 3.8) is 0 Å². The van der Waals surface area contributed by atoms with Crippen LogP contribution in [0.3, 0.4) is 0 Å². The van der Waals surface area contributed by atoms with Crippen LogP contribution >= 0.6 is 0 Å². The maximum absolute atomic E-state index is 12.4. The van der Waals surface area contributed by atoms with Crippen molar-refractivity contribution in [2.24, 2.45) is 0 Å². The molecule has 0 radical (unpaired) electrons. The number of hydrogen-bond donors (Lipinski definition) is 4. The fraction of sp³-hybridized carbons (Fsp3) is 0.154. The van der Waals surface area contributed by atoms with Crippen LogP contribution in [-0.2, 0) is 19.2 Å². The fourth-order valence-electron chi connectivity index (χ4n) is 4.26. The number of carboxylic acid groups (broad SMARTS) is 4. The van der Waals surface area contributed by atoms with Crippen LogP contribution in [-0.4, -0.2) is 44.3 Å². The van der Waals surface area contributed by atoms with Gasteiger partial charge in [0, 0.05) is 0 Å². The standard InChI is InChI=1S/C26H22O8/c27-23(28)19(15-9-3-1-4-10-15)21(25(31)32)17-13-7-8-14-18(17)22(26(33)34)20(24(29)30)16-11-5-2-6-12-16/h1-14,19-22H,(H,27,28)(H,29,30)(H,31,32)(H,33,34). The molecule has 3 aromatic carbocycles. The van der Waals surface area contributed by atoms with Crippen LogP contribution in [0.5, 0.6) is 0 Å². The molecule has 174 valence electrons. The van der Waals surface area contributed by atoms with Gasteiger partial charge in [-0.1, -0.05) is 84.9 Å². The minimum atomic E-state index is -1.66. The molecule has 0 saturated heterocycles. The minimum Gasteiger partial charge on any atom is -0.481 e. The first-order chi connectivity index (χ1) is 16.2. The highest BCUT2D eigenvalue weighted by molar-refractivity contribution is 5.91. The molecule has 0 fully saturated rings. The molecule has 34 heavy (non-hydrogen) atoms. The summed E-state index contributed by atoms with van der Waals surface area (Å²) in [4.78, 5) is 49.3. The second-order valence-electron chi connectivity index (χ2n) is 7.71. The molecule has 4 atom stereocenters. The second kappa shape index (κ2) is 10.4. The predicted molar refractivity (Wildman–Crippen MR) is 121 cm³/mol. The Balaban J connectivity index is 2.25. The molecule has 0 spiro atoms. The van der Waals surface area contributed by atoms with E-state index in [9.17, 15) is 39.6 Å². The molecular formula is C26H22O8. The van der Waals surface area contributed by atoms with Gasteiger partial charge >= 0.3 is 23.9 Å². The predicted octanol–water partition coefficient (Wildman–Crippen LogP) is 3.76. The molecule has 0 aromatic heterocycles. The Hall–Kier alpha value is -4.46. The Morgan fingerprint density at radius 2 is 0.676 bits per heavy atom. The van der Waals surface area contributed by atoms with Gasteiger partial charge in [-0.25, -0.2) is 0 Å². The van der Waals surface area contributed by atoms with E-state index < -0.39 is 47.5 Å². The largest absolute Gasteiger partial charge is 0.481 e. The summed E-state index contributed by atoms with van der Waals surface area (Å²) < 4.78 is 0. The SMILES string of the molecule is O=C(O)C(c1ccccc1)C(C(=O)O)c1ccccc1C(C(=O)O)C(C(=O)O)c1ccccc1. The molecule has 3 rings (SSSR count). The highest BCUT2D eigenvalue weighted by Crippen LogP contribution is 2.42. The molecule has 0 aliphatic carbocycles. The summed E-state index contributed by atoms with van der Waals surface area (Å²) in [6, 6.07) is 21.2. The lowest BCUT2D eigenvalue weighted by atomic mass is 9.74. The third-order valence-electron chi connectivity index (χ3n) is 5.71. The van der Waals surface area contributed by atoms with Gasteiger partial charge in [0.2, 0.25) is 0 Å². The minimum absolute atomic E-state index is 0.0687. The molecule has 0 aliphatic heterocycles. The molecule has 8 nitrogen and oxygen atoms in total. The van der Waals surface area contributed by atoms with Gasteiger partial charge in [0.1, 0.15) is 0 Å². The van der Waals surface area contributed by atoms with Crippen molar-refractivity contribution in [1.29, 1.82) is 0 Å². The summed E-state index contributed by atoms with van der Waals surface area (Å²) in [6.45, 7) is 0. The Labute approximate surface area is 194 Å². The maximum atomic E-state index is 12.4. The van der Waals surface area contributed by atoms with Crippen LogP contribution < -0.4 is 0 Å². The Bertz CT molecular complexity index is 1100. The van der Waals surface area contributed by atoms with Crippen LogP contribution in [0.1, 0.15) is 45.9 Å². The van der Waals surface area contributed by atoms with Gasteiger partial charge in [0.15, 0.2) is 0 Å². The molecule has 0 aliphatic rings. The summed E-state index contributed by atoms with van der Waals surface area (Å²) in [7, 11) is 0. The average Bonchev–Trinajstić information content (AvgIpc) is 2.81. The van der Waals surface area contributed by atoms with Crippen LogP contribution in [0, 0.1) is 0 Å². The van der Waals surface area contributed by atoms with Gasteiger partial charge in [-0.15, -0.1) is 0 Å². The van der Waals surface area contributed by atoms with Gasteiger partial charge < -0.3 is 20.4 Å². The zero-order valence-corrected chi connectivity index (χ0v) is 17.8. The van der Waals surface area contributed by atoms with E-state index >= 15 is 0 Å². The lowest BCUT2D eigenvalue weighted by Crippen LogP contribution is -2.31. The van der Waals surface area contributed by atoms with Crippen LogP contribution in [0.2, 0.25) is 0 Å². The van der Waals surface area contributed by atoms with Crippen molar-refractivity contribution < 1.29 is 39.6 Å². The van der Waals surface area contributed by atoms with Gasteiger partial charge in [-0.3, -0.25) is 19.2 Å². The average molecular weight is 462 g/mol. The summed E-state index contributed by atoms with van der Waals surface area (Å²) in [6.07, 6.45) is 0. The van der Waals surface area contributed by atoms with E-state index in [0.29, 0.717) is 0 Å². The normalized spacial score (nSPS) is 14.4. The van der Waals surface area contributed by atoms with E-state index in [1.165, 1.54) is 48.5 Å². The molecule has 4 unspecified atom stereocenters. The van der Waals surface area contributed by atoms with Gasteiger partial charge in [-0.2, -0.15) is 0 Å². The Morgan fingerprint density at radius 3 is 0.941 bits per heavy atom. The van der Waals surface area contributed by atoms with Crippen molar-refractivity contribution in [1.82, 2.24) is 0 Å². The lowest BCUT2D eigenvalue weighted by Gasteiger charge is -2.28. The monoisotopic (exact) mass is 462 g/mol. The number of benzene rings is 3. The first-order valence-electron chi connectivity index (χ1n) is 10.3. The van der Waals surface area contributed by atoms with Crippen LogP contribution in [0.25, 0.3) is 0 Å². The smallest absolute Gasteiger partial charge is 0.312 e. The fourth-order valence-corrected chi connectivity index (χ4v) is 4.26. The van der Waals surface area contributed by atoms with E-state index in [1.54, 1.807) is 36.4 Å². The second-order valence-corrected chi connectivity index (χ2v) is 7.71. The number of rotatable bonds is 10. The molecule has 0 amide bonds. The van der Waals surface area contributed by atoms with Crippen molar-refractivity contribution >= 4 is 23.9 Å². The third-order valence-corrected chi connectivity index (χ3v) is 5.71. The van der Waals surface area contributed by atoms with Crippen LogP contribution in [0.15, 0.2) is 84.9 Å². The zero-order chi connectivity index (χ0) is 24.8. The van der Waals surface area contributed by atoms with Crippen LogP contribution in [0.4, 0.5) is 0 Å². The number of aliphatic carboxylic acids is 4. The Morgan fingerprint density at radius 1 is 0.412 bits per heavy atom. The third kappa shape index (κ3) is 4.96. The van der Waals surface area contributed by atoms with Crippen molar-refractivity contribution in [2.45, 2.75) is 23.7 Å². The van der Waals surface area contributed by atoms with E-state index in [0.717, 1.165) is 0 Å². The van der Waals surface area contributed by atoms with Gasteiger partial charge in [0.05, 0.1) is 23.7 Å². The maximum Gasteiger partial charge on any atom is 0.312 e. The number of carbonyl (C=O) groups is 4. The molecule has 0 bridgehead atoms. The molecular weight excluding hydrogens is 440 g/mol.